The predicted molar refractivity (Wildman–Crippen MR) is 148 cm³/mol. The van der Waals surface area contributed by atoms with Gasteiger partial charge in [0.25, 0.3) is 10.0 Å². The number of benzene rings is 4. The summed E-state index contributed by atoms with van der Waals surface area (Å²) in [5.74, 6) is -0.405. The lowest BCUT2D eigenvalue weighted by Gasteiger charge is -2.26. The number of sulfonamides is 1. The molecular formula is C28H25IN2O3S. The van der Waals surface area contributed by atoms with Gasteiger partial charge in [0.15, 0.2) is 0 Å². The maximum Gasteiger partial charge on any atom is 0.264 e. The summed E-state index contributed by atoms with van der Waals surface area (Å²) in [5.41, 5.74) is 3.38. The van der Waals surface area contributed by atoms with Crippen LogP contribution in [-0.2, 0) is 14.8 Å². The first-order valence-electron chi connectivity index (χ1n) is 11.1. The van der Waals surface area contributed by atoms with Crippen molar-refractivity contribution in [2.75, 3.05) is 10.8 Å². The zero-order valence-corrected chi connectivity index (χ0v) is 22.1. The molecule has 1 amide bonds. The van der Waals surface area contributed by atoms with Crippen molar-refractivity contribution >= 4 is 44.2 Å². The van der Waals surface area contributed by atoms with Crippen molar-refractivity contribution in [3.8, 4) is 0 Å². The van der Waals surface area contributed by atoms with E-state index in [1.165, 1.54) is 12.1 Å². The molecule has 35 heavy (non-hydrogen) atoms. The Morgan fingerprint density at radius 2 is 1.34 bits per heavy atom. The Balaban J connectivity index is 1.67. The Labute approximate surface area is 220 Å². The summed E-state index contributed by atoms with van der Waals surface area (Å²) in [7, 11) is -3.96. The minimum atomic E-state index is -3.96. The van der Waals surface area contributed by atoms with Crippen molar-refractivity contribution in [2.24, 2.45) is 0 Å². The molecule has 0 aliphatic rings. The summed E-state index contributed by atoms with van der Waals surface area (Å²) in [6.07, 6.45) is 0. The van der Waals surface area contributed by atoms with Crippen LogP contribution >= 0.6 is 22.6 Å². The number of hydrogen-bond donors (Lipinski definition) is 1. The first-order chi connectivity index (χ1) is 16.8. The molecule has 0 aliphatic carbocycles. The van der Waals surface area contributed by atoms with E-state index in [9.17, 15) is 13.2 Å². The van der Waals surface area contributed by atoms with Crippen LogP contribution in [0.2, 0.25) is 0 Å². The predicted octanol–water partition coefficient (Wildman–Crippen LogP) is 5.70. The van der Waals surface area contributed by atoms with E-state index in [4.69, 9.17) is 0 Å². The number of aryl methyl sites for hydroxylation is 1. The van der Waals surface area contributed by atoms with Crippen LogP contribution < -0.4 is 9.62 Å². The van der Waals surface area contributed by atoms with Gasteiger partial charge in [-0.25, -0.2) is 8.42 Å². The van der Waals surface area contributed by atoms with Gasteiger partial charge in [-0.2, -0.15) is 0 Å². The summed E-state index contributed by atoms with van der Waals surface area (Å²) < 4.78 is 29.2. The van der Waals surface area contributed by atoms with Gasteiger partial charge in [-0.05, 0) is 77.0 Å². The van der Waals surface area contributed by atoms with Gasteiger partial charge in [-0.1, -0.05) is 78.4 Å². The maximum atomic E-state index is 13.6. The summed E-state index contributed by atoms with van der Waals surface area (Å²) in [6.45, 7) is 1.65. The van der Waals surface area contributed by atoms with Crippen molar-refractivity contribution in [3.63, 3.8) is 0 Å². The molecule has 0 radical (unpaired) electrons. The molecule has 4 aromatic carbocycles. The lowest BCUT2D eigenvalue weighted by molar-refractivity contribution is -0.120. The Morgan fingerprint density at radius 3 is 1.94 bits per heavy atom. The number of halogens is 1. The largest absolute Gasteiger partial charge is 0.344 e. The molecule has 5 nitrogen and oxygen atoms in total. The van der Waals surface area contributed by atoms with Crippen molar-refractivity contribution in [3.05, 3.63) is 129 Å². The molecule has 0 saturated carbocycles. The van der Waals surface area contributed by atoms with E-state index in [1.54, 1.807) is 30.3 Å². The maximum absolute atomic E-state index is 13.6. The highest BCUT2D eigenvalue weighted by Gasteiger charge is 2.28. The van der Waals surface area contributed by atoms with Crippen LogP contribution in [0.1, 0.15) is 22.7 Å². The second-order valence-corrected chi connectivity index (χ2v) is 11.2. The van der Waals surface area contributed by atoms with Crippen LogP contribution in [0, 0.1) is 10.5 Å². The number of amides is 1. The molecule has 4 rings (SSSR count). The van der Waals surface area contributed by atoms with E-state index in [2.05, 4.69) is 27.9 Å². The number of rotatable bonds is 8. The van der Waals surface area contributed by atoms with E-state index in [-0.39, 0.29) is 11.4 Å². The smallest absolute Gasteiger partial charge is 0.264 e. The topological polar surface area (TPSA) is 66.5 Å². The average molecular weight is 596 g/mol. The van der Waals surface area contributed by atoms with Crippen LogP contribution in [0.15, 0.2) is 114 Å². The molecule has 1 atom stereocenters. The monoisotopic (exact) mass is 596 g/mol. The fourth-order valence-corrected chi connectivity index (χ4v) is 5.54. The lowest BCUT2D eigenvalue weighted by Crippen LogP contribution is -2.42. The molecule has 0 heterocycles. The third-order valence-corrected chi connectivity index (χ3v) is 8.09. The lowest BCUT2D eigenvalue weighted by atomic mass is 9.98. The second kappa shape index (κ2) is 11.0. The summed E-state index contributed by atoms with van der Waals surface area (Å²) in [4.78, 5) is 13.5. The highest BCUT2D eigenvalue weighted by Crippen LogP contribution is 2.26. The van der Waals surface area contributed by atoms with Gasteiger partial charge in [0.05, 0.1) is 16.6 Å². The number of hydrogen-bond acceptors (Lipinski definition) is 3. The van der Waals surface area contributed by atoms with Crippen molar-refractivity contribution in [1.82, 2.24) is 5.32 Å². The molecule has 178 valence electrons. The molecule has 7 heteroatoms. The fraction of sp³-hybridized carbons (Fsp3) is 0.107. The fourth-order valence-electron chi connectivity index (χ4n) is 3.74. The normalized spacial score (nSPS) is 12.1. The second-order valence-electron chi connectivity index (χ2n) is 8.12. The average Bonchev–Trinajstić information content (AvgIpc) is 2.88. The number of nitrogens with zero attached hydrogens (tertiary/aromatic N) is 1. The first kappa shape index (κ1) is 24.9. The van der Waals surface area contributed by atoms with Crippen LogP contribution in [0.3, 0.4) is 0 Å². The quantitative estimate of drug-likeness (QED) is 0.266. The number of anilines is 1. The third kappa shape index (κ3) is 6.10. The minimum absolute atomic E-state index is 0.129. The van der Waals surface area contributed by atoms with Gasteiger partial charge in [0.1, 0.15) is 6.54 Å². The summed E-state index contributed by atoms with van der Waals surface area (Å²) in [6, 6.07) is 32.4. The Bertz CT molecular complexity index is 1380. The SMILES string of the molecule is Cc1ccc([C@@H](NC(=O)CN(c2ccc(I)cc2)S(=O)(=O)c2ccccc2)c2ccccc2)cc1. The van der Waals surface area contributed by atoms with E-state index in [0.29, 0.717) is 5.69 Å². The van der Waals surface area contributed by atoms with Crippen molar-refractivity contribution in [2.45, 2.75) is 17.9 Å². The molecule has 1 N–H and O–H groups in total. The Kier molecular flexibility index (Phi) is 7.87. The van der Waals surface area contributed by atoms with Crippen LogP contribution in [0.4, 0.5) is 5.69 Å². The van der Waals surface area contributed by atoms with E-state index in [1.807, 2.05) is 73.7 Å². The molecule has 0 aromatic heterocycles. The van der Waals surface area contributed by atoms with Gasteiger partial charge in [0.2, 0.25) is 5.91 Å². The van der Waals surface area contributed by atoms with E-state index >= 15 is 0 Å². The van der Waals surface area contributed by atoms with Gasteiger partial charge in [-0.3, -0.25) is 9.10 Å². The standard InChI is InChI=1S/C28H25IN2O3S/c1-21-12-14-23(15-13-21)28(22-8-4-2-5-9-22)30-27(32)20-31(25-18-16-24(29)17-19-25)35(33,34)26-10-6-3-7-11-26/h2-19,28H,20H2,1H3,(H,30,32)/t28-/m0/s1. The highest BCUT2D eigenvalue weighted by atomic mass is 127. The van der Waals surface area contributed by atoms with Crippen molar-refractivity contribution < 1.29 is 13.2 Å². The number of nitrogens with one attached hydrogen (secondary N) is 1. The van der Waals surface area contributed by atoms with Gasteiger partial charge in [-0.15, -0.1) is 0 Å². The molecule has 0 unspecified atom stereocenters. The van der Waals surface area contributed by atoms with E-state index < -0.39 is 22.0 Å². The number of carbonyl (C=O) groups is 1. The Hall–Kier alpha value is -3.17. The number of carbonyl (C=O) groups excluding carboxylic acids is 1. The summed E-state index contributed by atoms with van der Waals surface area (Å²) >= 11 is 2.16. The summed E-state index contributed by atoms with van der Waals surface area (Å²) in [5, 5.41) is 3.06. The van der Waals surface area contributed by atoms with Crippen LogP contribution in [0.25, 0.3) is 0 Å². The molecule has 0 spiro atoms. The van der Waals surface area contributed by atoms with Crippen molar-refractivity contribution in [1.29, 1.82) is 0 Å². The zero-order chi connectivity index (χ0) is 24.8. The van der Waals surface area contributed by atoms with Gasteiger partial charge in [0, 0.05) is 3.57 Å². The zero-order valence-electron chi connectivity index (χ0n) is 19.1. The van der Waals surface area contributed by atoms with Gasteiger partial charge >= 0.3 is 0 Å². The van der Waals surface area contributed by atoms with Crippen LogP contribution in [-0.4, -0.2) is 20.9 Å². The third-order valence-electron chi connectivity index (χ3n) is 5.58. The molecular weight excluding hydrogens is 571 g/mol. The molecule has 0 fully saturated rings. The van der Waals surface area contributed by atoms with E-state index in [0.717, 1.165) is 24.6 Å². The molecule has 4 aromatic rings. The first-order valence-corrected chi connectivity index (χ1v) is 13.6. The van der Waals surface area contributed by atoms with Gasteiger partial charge < -0.3 is 5.32 Å². The highest BCUT2D eigenvalue weighted by molar-refractivity contribution is 14.1. The molecule has 0 saturated heterocycles. The minimum Gasteiger partial charge on any atom is -0.344 e. The molecule has 0 bridgehead atoms. The molecule has 0 aliphatic heterocycles. The Morgan fingerprint density at radius 1 is 0.800 bits per heavy atom. The van der Waals surface area contributed by atoms with Crippen LogP contribution in [0.5, 0.6) is 0 Å².